The molecule has 3 heterocycles. The third kappa shape index (κ3) is 5.84. The Balaban J connectivity index is 1.23. The van der Waals surface area contributed by atoms with Crippen LogP contribution in [0.1, 0.15) is 29.0 Å². The van der Waals surface area contributed by atoms with Crippen LogP contribution in [0.25, 0.3) is 0 Å². The average Bonchev–Trinajstić information content (AvgIpc) is 3.27. The first-order chi connectivity index (χ1) is 16.3. The van der Waals surface area contributed by atoms with Crippen LogP contribution in [0, 0.1) is 6.92 Å². The van der Waals surface area contributed by atoms with Crippen LogP contribution in [0.4, 0.5) is 5.69 Å². The van der Waals surface area contributed by atoms with Crippen molar-refractivity contribution in [1.29, 1.82) is 0 Å². The van der Waals surface area contributed by atoms with E-state index in [1.165, 1.54) is 22.7 Å². The van der Waals surface area contributed by atoms with E-state index in [9.17, 15) is 18.0 Å². The SMILES string of the molecule is Cc1ccoc1C(=O)NC1CCN(CC(=O)Nc2ccc(S(=O)(=O)N3CCOCC3)cc2)CC1. The van der Waals surface area contributed by atoms with Gasteiger partial charge in [-0.15, -0.1) is 0 Å². The van der Waals surface area contributed by atoms with Crippen molar-refractivity contribution in [3.8, 4) is 0 Å². The summed E-state index contributed by atoms with van der Waals surface area (Å²) in [7, 11) is -3.56. The van der Waals surface area contributed by atoms with Crippen molar-refractivity contribution < 1.29 is 27.2 Å². The summed E-state index contributed by atoms with van der Waals surface area (Å²) in [5.74, 6) is -0.0409. The molecule has 2 fully saturated rings. The van der Waals surface area contributed by atoms with Gasteiger partial charge in [0.1, 0.15) is 0 Å². The Bertz CT molecular complexity index is 1100. The zero-order valence-electron chi connectivity index (χ0n) is 19.2. The molecule has 0 radical (unpaired) electrons. The predicted molar refractivity (Wildman–Crippen MR) is 125 cm³/mol. The molecule has 10 nitrogen and oxygen atoms in total. The van der Waals surface area contributed by atoms with Crippen molar-refractivity contribution in [3.05, 3.63) is 47.9 Å². The number of piperidine rings is 1. The Morgan fingerprint density at radius 1 is 1.03 bits per heavy atom. The number of aryl methyl sites for hydroxylation is 1. The van der Waals surface area contributed by atoms with Gasteiger partial charge >= 0.3 is 0 Å². The number of benzene rings is 1. The summed E-state index contributed by atoms with van der Waals surface area (Å²) >= 11 is 0. The first-order valence-corrected chi connectivity index (χ1v) is 12.8. The van der Waals surface area contributed by atoms with Gasteiger partial charge < -0.3 is 19.8 Å². The van der Waals surface area contributed by atoms with Crippen molar-refractivity contribution in [1.82, 2.24) is 14.5 Å². The molecule has 2 saturated heterocycles. The smallest absolute Gasteiger partial charge is 0.287 e. The summed E-state index contributed by atoms with van der Waals surface area (Å²) in [6.07, 6.45) is 2.99. The molecule has 184 valence electrons. The zero-order chi connectivity index (χ0) is 24.1. The summed E-state index contributed by atoms with van der Waals surface area (Å²) in [6, 6.07) is 8.02. The van der Waals surface area contributed by atoms with Gasteiger partial charge in [0.05, 0.1) is 30.9 Å². The molecular weight excluding hydrogens is 460 g/mol. The Morgan fingerprint density at radius 3 is 2.32 bits per heavy atom. The molecule has 2 amide bonds. The summed E-state index contributed by atoms with van der Waals surface area (Å²) in [5, 5.41) is 5.82. The van der Waals surface area contributed by atoms with Gasteiger partial charge in [-0.2, -0.15) is 4.31 Å². The zero-order valence-corrected chi connectivity index (χ0v) is 20.0. The number of anilines is 1. The molecule has 0 aliphatic carbocycles. The van der Waals surface area contributed by atoms with Crippen LogP contribution in [0.5, 0.6) is 0 Å². The van der Waals surface area contributed by atoms with Crippen LogP contribution in [-0.2, 0) is 19.6 Å². The van der Waals surface area contributed by atoms with E-state index in [-0.39, 0.29) is 29.3 Å². The molecule has 2 aromatic rings. The molecule has 2 aliphatic rings. The minimum absolute atomic E-state index is 0.0391. The monoisotopic (exact) mass is 490 g/mol. The molecule has 1 aromatic carbocycles. The van der Waals surface area contributed by atoms with E-state index in [1.54, 1.807) is 18.2 Å². The third-order valence-electron chi connectivity index (χ3n) is 6.10. The lowest BCUT2D eigenvalue weighted by Crippen LogP contribution is -2.46. The van der Waals surface area contributed by atoms with Crippen LogP contribution in [-0.4, -0.2) is 81.4 Å². The van der Waals surface area contributed by atoms with Crippen LogP contribution < -0.4 is 10.6 Å². The number of likely N-dealkylation sites (tertiary alicyclic amines) is 1. The summed E-state index contributed by atoms with van der Waals surface area (Å²) in [4.78, 5) is 27.0. The highest BCUT2D eigenvalue weighted by atomic mass is 32.2. The fourth-order valence-corrected chi connectivity index (χ4v) is 5.55. The molecule has 0 saturated carbocycles. The first-order valence-electron chi connectivity index (χ1n) is 11.4. The Kier molecular flexibility index (Phi) is 7.67. The summed E-state index contributed by atoms with van der Waals surface area (Å²) in [5.41, 5.74) is 1.35. The molecule has 0 atom stereocenters. The number of furan rings is 1. The van der Waals surface area contributed by atoms with E-state index in [0.29, 0.717) is 50.8 Å². The van der Waals surface area contributed by atoms with E-state index < -0.39 is 10.0 Å². The van der Waals surface area contributed by atoms with Crippen molar-refractivity contribution in [2.45, 2.75) is 30.7 Å². The highest BCUT2D eigenvalue weighted by Crippen LogP contribution is 2.20. The van der Waals surface area contributed by atoms with Crippen LogP contribution in [0.15, 0.2) is 45.9 Å². The molecule has 2 N–H and O–H groups in total. The highest BCUT2D eigenvalue weighted by molar-refractivity contribution is 7.89. The van der Waals surface area contributed by atoms with Gasteiger partial charge in [0.15, 0.2) is 5.76 Å². The largest absolute Gasteiger partial charge is 0.459 e. The van der Waals surface area contributed by atoms with Crippen LogP contribution in [0.3, 0.4) is 0 Å². The van der Waals surface area contributed by atoms with Gasteiger partial charge in [0.25, 0.3) is 5.91 Å². The minimum Gasteiger partial charge on any atom is -0.459 e. The number of nitrogens with zero attached hydrogens (tertiary/aromatic N) is 2. The topological polar surface area (TPSA) is 121 Å². The number of hydrogen-bond donors (Lipinski definition) is 2. The van der Waals surface area contributed by atoms with Crippen LogP contribution in [0.2, 0.25) is 0 Å². The van der Waals surface area contributed by atoms with E-state index in [0.717, 1.165) is 18.4 Å². The molecule has 1 aromatic heterocycles. The Hall–Kier alpha value is -2.73. The number of amides is 2. The van der Waals surface area contributed by atoms with Crippen LogP contribution >= 0.6 is 0 Å². The third-order valence-corrected chi connectivity index (χ3v) is 8.02. The predicted octanol–water partition coefficient (Wildman–Crippen LogP) is 1.44. The Labute approximate surface area is 199 Å². The maximum absolute atomic E-state index is 12.7. The van der Waals surface area contributed by atoms with Gasteiger partial charge in [-0.1, -0.05) is 0 Å². The molecule has 0 unspecified atom stereocenters. The number of morpholine rings is 1. The number of ether oxygens (including phenoxy) is 1. The molecule has 0 bridgehead atoms. The lowest BCUT2D eigenvalue weighted by molar-refractivity contribution is -0.117. The molecule has 4 rings (SSSR count). The quantitative estimate of drug-likeness (QED) is 0.602. The van der Waals surface area contributed by atoms with Gasteiger partial charge in [-0.3, -0.25) is 14.5 Å². The highest BCUT2D eigenvalue weighted by Gasteiger charge is 2.27. The lowest BCUT2D eigenvalue weighted by Gasteiger charge is -2.31. The van der Waals surface area contributed by atoms with Crippen molar-refractivity contribution >= 4 is 27.5 Å². The van der Waals surface area contributed by atoms with E-state index >= 15 is 0 Å². The van der Waals surface area contributed by atoms with Crippen molar-refractivity contribution in [2.75, 3.05) is 51.3 Å². The summed E-state index contributed by atoms with van der Waals surface area (Å²) < 4.78 is 37.3. The Morgan fingerprint density at radius 2 is 1.71 bits per heavy atom. The van der Waals surface area contributed by atoms with Gasteiger partial charge in [-0.05, 0) is 50.1 Å². The standard InChI is InChI=1S/C23H30N4O6S/c1-17-8-13-33-22(17)23(29)25-19-6-9-26(10-7-19)16-21(28)24-18-2-4-20(5-3-18)34(30,31)27-11-14-32-15-12-27/h2-5,8,13,19H,6-7,9-12,14-16H2,1H3,(H,24,28)(H,25,29). The second kappa shape index (κ2) is 10.7. The van der Waals surface area contributed by atoms with Gasteiger partial charge in [0.2, 0.25) is 15.9 Å². The molecule has 11 heteroatoms. The number of rotatable bonds is 7. The lowest BCUT2D eigenvalue weighted by atomic mass is 10.0. The number of carbonyl (C=O) groups is 2. The minimum atomic E-state index is -3.56. The second-order valence-electron chi connectivity index (χ2n) is 8.55. The van der Waals surface area contributed by atoms with E-state index in [2.05, 4.69) is 10.6 Å². The molecular formula is C23H30N4O6S. The fourth-order valence-electron chi connectivity index (χ4n) is 4.14. The van der Waals surface area contributed by atoms with Gasteiger partial charge in [0, 0.05) is 43.5 Å². The molecule has 2 aliphatic heterocycles. The van der Waals surface area contributed by atoms with Crippen molar-refractivity contribution in [2.24, 2.45) is 0 Å². The normalized spacial score (nSPS) is 18.5. The maximum atomic E-state index is 12.7. The second-order valence-corrected chi connectivity index (χ2v) is 10.5. The number of sulfonamides is 1. The number of nitrogens with one attached hydrogen (secondary N) is 2. The van der Waals surface area contributed by atoms with E-state index in [1.807, 2.05) is 11.8 Å². The molecule has 34 heavy (non-hydrogen) atoms. The maximum Gasteiger partial charge on any atom is 0.287 e. The molecule has 0 spiro atoms. The number of hydrogen-bond acceptors (Lipinski definition) is 7. The first kappa shape index (κ1) is 24.4. The fraction of sp³-hybridized carbons (Fsp3) is 0.478. The summed E-state index contributed by atoms with van der Waals surface area (Å²) in [6.45, 7) is 4.88. The van der Waals surface area contributed by atoms with E-state index in [4.69, 9.17) is 9.15 Å². The van der Waals surface area contributed by atoms with Crippen molar-refractivity contribution in [3.63, 3.8) is 0 Å². The van der Waals surface area contributed by atoms with Gasteiger partial charge in [-0.25, -0.2) is 8.42 Å². The average molecular weight is 491 g/mol. The number of carbonyl (C=O) groups excluding carboxylic acids is 2.